The zero-order valence-electron chi connectivity index (χ0n) is 10.5. The van der Waals surface area contributed by atoms with E-state index in [1.807, 2.05) is 6.08 Å². The smallest absolute Gasteiger partial charge is 0.265 e. The van der Waals surface area contributed by atoms with Crippen molar-refractivity contribution in [2.45, 2.75) is 18.6 Å². The van der Waals surface area contributed by atoms with Crippen LogP contribution >= 0.6 is 11.9 Å². The van der Waals surface area contributed by atoms with E-state index in [9.17, 15) is 4.79 Å². The summed E-state index contributed by atoms with van der Waals surface area (Å²) in [6.45, 7) is 4.71. The minimum Gasteiger partial charge on any atom is -0.392 e. The molecule has 98 valence electrons. The molecule has 2 rings (SSSR count). The first-order valence-corrected chi connectivity index (χ1v) is 6.60. The molecule has 0 radical (unpaired) electrons. The third kappa shape index (κ3) is 2.76. The van der Waals surface area contributed by atoms with Crippen molar-refractivity contribution >= 4 is 24.1 Å². The molecule has 0 spiro atoms. The summed E-state index contributed by atoms with van der Waals surface area (Å²) in [6.07, 6.45) is 7.38. The topological polar surface area (TPSA) is 64.9 Å². The van der Waals surface area contributed by atoms with E-state index >= 15 is 0 Å². The van der Waals surface area contributed by atoms with E-state index in [0.29, 0.717) is 6.67 Å². The normalized spacial score (nSPS) is 31.3. The SMILES string of the molecule is CC1C=C(CO)C=CC1(C)SN1CNC(=O)C=N1. The van der Waals surface area contributed by atoms with Gasteiger partial charge in [-0.05, 0) is 30.4 Å². The molecule has 5 nitrogen and oxygen atoms in total. The van der Waals surface area contributed by atoms with Crippen LogP contribution in [0.1, 0.15) is 13.8 Å². The Labute approximate surface area is 111 Å². The van der Waals surface area contributed by atoms with Gasteiger partial charge in [-0.3, -0.25) is 4.79 Å². The summed E-state index contributed by atoms with van der Waals surface area (Å²) in [5, 5.41) is 15.9. The fourth-order valence-electron chi connectivity index (χ4n) is 1.82. The Kier molecular flexibility index (Phi) is 3.77. The number of carbonyl (C=O) groups is 1. The van der Waals surface area contributed by atoms with Crippen molar-refractivity contribution in [3.8, 4) is 0 Å². The van der Waals surface area contributed by atoms with E-state index in [4.69, 9.17) is 5.11 Å². The predicted molar refractivity (Wildman–Crippen MR) is 72.8 cm³/mol. The standard InChI is InChI=1S/C12H17N3O2S/c1-9-5-10(7-16)3-4-12(9,2)18-15-8-13-11(17)6-14-15/h3-6,9,16H,7-8H2,1-2H3,(H,13,17). The molecule has 2 N–H and O–H groups in total. The molecular weight excluding hydrogens is 250 g/mol. The van der Waals surface area contributed by atoms with Crippen molar-refractivity contribution in [3.63, 3.8) is 0 Å². The second-order valence-electron chi connectivity index (χ2n) is 4.59. The Hall–Kier alpha value is -1.27. The maximum Gasteiger partial charge on any atom is 0.265 e. The van der Waals surface area contributed by atoms with E-state index in [1.54, 1.807) is 16.4 Å². The van der Waals surface area contributed by atoms with Crippen LogP contribution in [0.3, 0.4) is 0 Å². The van der Waals surface area contributed by atoms with Gasteiger partial charge in [-0.25, -0.2) is 4.41 Å². The Morgan fingerprint density at radius 2 is 2.50 bits per heavy atom. The summed E-state index contributed by atoms with van der Waals surface area (Å²) in [5.41, 5.74) is 0.941. The summed E-state index contributed by atoms with van der Waals surface area (Å²) in [4.78, 5) is 11.0. The highest BCUT2D eigenvalue weighted by Crippen LogP contribution is 2.40. The third-order valence-corrected chi connectivity index (χ3v) is 4.51. The molecule has 2 unspecified atom stereocenters. The maximum absolute atomic E-state index is 11.0. The molecule has 0 aromatic heterocycles. The van der Waals surface area contributed by atoms with Crippen LogP contribution in [0.5, 0.6) is 0 Å². The van der Waals surface area contributed by atoms with Crippen molar-refractivity contribution < 1.29 is 9.90 Å². The van der Waals surface area contributed by atoms with Crippen LogP contribution < -0.4 is 5.32 Å². The van der Waals surface area contributed by atoms with Gasteiger partial charge in [0.05, 0.1) is 11.4 Å². The van der Waals surface area contributed by atoms with Gasteiger partial charge in [0.15, 0.2) is 0 Å². The third-order valence-electron chi connectivity index (χ3n) is 3.17. The maximum atomic E-state index is 11.0. The van der Waals surface area contributed by atoms with Gasteiger partial charge in [-0.2, -0.15) is 5.10 Å². The van der Waals surface area contributed by atoms with Gasteiger partial charge in [-0.15, -0.1) is 0 Å². The van der Waals surface area contributed by atoms with Gasteiger partial charge in [0.2, 0.25) is 0 Å². The Morgan fingerprint density at radius 1 is 1.72 bits per heavy atom. The Balaban J connectivity index is 2.05. The lowest BCUT2D eigenvalue weighted by Crippen LogP contribution is -2.41. The first kappa shape index (κ1) is 13.2. The fraction of sp³-hybridized carbons (Fsp3) is 0.500. The Bertz CT molecular complexity index is 433. The van der Waals surface area contributed by atoms with Gasteiger partial charge in [-0.1, -0.05) is 25.2 Å². The zero-order valence-corrected chi connectivity index (χ0v) is 11.3. The zero-order chi connectivity index (χ0) is 13.2. The van der Waals surface area contributed by atoms with Crippen molar-refractivity contribution in [1.29, 1.82) is 0 Å². The largest absolute Gasteiger partial charge is 0.392 e. The number of nitrogens with zero attached hydrogens (tertiary/aromatic N) is 2. The first-order valence-electron chi connectivity index (χ1n) is 5.83. The number of nitrogens with one attached hydrogen (secondary N) is 1. The summed E-state index contributed by atoms with van der Waals surface area (Å²) in [5.74, 6) is 0.120. The second kappa shape index (κ2) is 5.16. The number of hydrazone groups is 1. The lowest BCUT2D eigenvalue weighted by Gasteiger charge is -2.36. The number of aliphatic hydroxyl groups excluding tert-OH is 1. The molecule has 1 aliphatic carbocycles. The number of hydrogen-bond donors (Lipinski definition) is 2. The number of rotatable bonds is 3. The molecule has 1 heterocycles. The average molecular weight is 267 g/mol. The van der Waals surface area contributed by atoms with Crippen molar-refractivity contribution in [1.82, 2.24) is 9.73 Å². The van der Waals surface area contributed by atoms with Gasteiger partial charge in [0, 0.05) is 0 Å². The number of allylic oxidation sites excluding steroid dienone is 1. The van der Waals surface area contributed by atoms with E-state index in [-0.39, 0.29) is 23.2 Å². The molecule has 0 bridgehead atoms. The minimum absolute atomic E-state index is 0.0690. The summed E-state index contributed by atoms with van der Waals surface area (Å²) in [7, 11) is 0. The summed E-state index contributed by atoms with van der Waals surface area (Å²) >= 11 is 1.57. The molecule has 2 atom stereocenters. The van der Waals surface area contributed by atoms with Crippen LogP contribution in [-0.4, -0.2) is 39.7 Å². The van der Waals surface area contributed by atoms with Gasteiger partial charge in [0.25, 0.3) is 5.91 Å². The molecule has 1 amide bonds. The molecule has 0 aromatic carbocycles. The average Bonchev–Trinajstić information content (AvgIpc) is 2.36. The lowest BCUT2D eigenvalue weighted by atomic mass is 9.88. The van der Waals surface area contributed by atoms with Crippen LogP contribution in [-0.2, 0) is 4.79 Å². The number of hydrogen-bond acceptors (Lipinski definition) is 5. The molecule has 1 aliphatic heterocycles. The van der Waals surface area contributed by atoms with Crippen LogP contribution in [0.15, 0.2) is 28.9 Å². The summed E-state index contributed by atoms with van der Waals surface area (Å²) in [6, 6.07) is 0. The number of carbonyl (C=O) groups excluding carboxylic acids is 1. The quantitative estimate of drug-likeness (QED) is 0.746. The number of amides is 1. The highest BCUT2D eigenvalue weighted by molar-refractivity contribution is 7.98. The molecule has 2 aliphatic rings. The molecule has 0 fully saturated rings. The van der Waals surface area contributed by atoms with E-state index in [0.717, 1.165) is 5.57 Å². The molecule has 0 saturated heterocycles. The molecule has 0 aromatic rings. The van der Waals surface area contributed by atoms with Crippen molar-refractivity contribution in [2.24, 2.45) is 11.0 Å². The first-order chi connectivity index (χ1) is 8.53. The van der Waals surface area contributed by atoms with E-state index in [2.05, 4.69) is 36.4 Å². The van der Waals surface area contributed by atoms with Crippen LogP contribution in [0.25, 0.3) is 0 Å². The van der Waals surface area contributed by atoms with Crippen LogP contribution in [0.4, 0.5) is 0 Å². The fourth-order valence-corrected chi connectivity index (χ4v) is 2.86. The Morgan fingerprint density at radius 3 is 3.06 bits per heavy atom. The van der Waals surface area contributed by atoms with Gasteiger partial charge >= 0.3 is 0 Å². The highest BCUT2D eigenvalue weighted by atomic mass is 32.2. The van der Waals surface area contributed by atoms with Crippen molar-refractivity contribution in [2.75, 3.05) is 13.3 Å². The monoisotopic (exact) mass is 267 g/mol. The van der Waals surface area contributed by atoms with Gasteiger partial charge < -0.3 is 10.4 Å². The molecular formula is C12H17N3O2S. The molecule has 0 saturated carbocycles. The summed E-state index contributed by atoms with van der Waals surface area (Å²) < 4.78 is 1.64. The van der Waals surface area contributed by atoms with Crippen LogP contribution in [0.2, 0.25) is 0 Å². The minimum atomic E-state index is -0.160. The predicted octanol–water partition coefficient (Wildman–Crippen LogP) is 0.893. The molecule has 6 heteroatoms. The molecule has 18 heavy (non-hydrogen) atoms. The second-order valence-corrected chi connectivity index (χ2v) is 6.08. The van der Waals surface area contributed by atoms with E-state index < -0.39 is 0 Å². The van der Waals surface area contributed by atoms with E-state index in [1.165, 1.54) is 6.21 Å². The van der Waals surface area contributed by atoms with Crippen molar-refractivity contribution in [3.05, 3.63) is 23.8 Å². The van der Waals surface area contributed by atoms with Crippen LogP contribution in [0, 0.1) is 5.92 Å². The van der Waals surface area contributed by atoms with Gasteiger partial charge in [0.1, 0.15) is 12.9 Å². The highest BCUT2D eigenvalue weighted by Gasteiger charge is 2.33. The lowest BCUT2D eigenvalue weighted by molar-refractivity contribution is -0.115. The number of aliphatic hydroxyl groups is 1.